The molecule has 0 spiro atoms. The lowest BCUT2D eigenvalue weighted by atomic mass is 10.2. The second-order valence-corrected chi connectivity index (χ2v) is 11.9. The Hall–Kier alpha value is -3.24. The van der Waals surface area contributed by atoms with E-state index in [0.717, 1.165) is 24.4 Å². The van der Waals surface area contributed by atoms with Gasteiger partial charge in [-0.15, -0.1) is 0 Å². The smallest absolute Gasteiger partial charge is 0.282 e. The number of nitrogens with zero attached hydrogens (tertiary/aromatic N) is 3. The minimum absolute atomic E-state index is 0.267. The van der Waals surface area contributed by atoms with E-state index in [9.17, 15) is 4.79 Å². The van der Waals surface area contributed by atoms with Crippen molar-refractivity contribution in [3.05, 3.63) is 125 Å². The zero-order valence-corrected chi connectivity index (χ0v) is 26.0. The Balaban J connectivity index is 1.43. The molecule has 0 amide bonds. The summed E-state index contributed by atoms with van der Waals surface area (Å²) < 4.78 is 16.2. The number of hydrogen-bond donors (Lipinski definition) is 0. The van der Waals surface area contributed by atoms with E-state index in [1.54, 1.807) is 48.7 Å². The van der Waals surface area contributed by atoms with Crippen LogP contribution in [-0.2, 0) is 6.61 Å². The van der Waals surface area contributed by atoms with Crippen molar-refractivity contribution in [3.63, 3.8) is 0 Å². The molecule has 40 heavy (non-hydrogen) atoms. The number of rotatable bonds is 6. The number of fused-ring (bicyclic) bond motifs is 2. The molecule has 0 aliphatic carbocycles. The van der Waals surface area contributed by atoms with Crippen LogP contribution in [0.2, 0.25) is 5.02 Å². The molecule has 0 radical (unpaired) electrons. The quantitative estimate of drug-likeness (QED) is 0.160. The fourth-order valence-electron chi connectivity index (χ4n) is 4.18. The number of para-hydroxylation sites is 1. The van der Waals surface area contributed by atoms with Crippen molar-refractivity contribution >= 4 is 87.5 Å². The summed E-state index contributed by atoms with van der Waals surface area (Å²) in [4.78, 5) is 18.4. The number of hydrogen-bond acceptors (Lipinski definition) is 5. The van der Waals surface area contributed by atoms with E-state index in [0.29, 0.717) is 45.2 Å². The van der Waals surface area contributed by atoms with Gasteiger partial charge in [0.15, 0.2) is 5.76 Å². The maximum atomic E-state index is 13.6. The van der Waals surface area contributed by atoms with E-state index in [4.69, 9.17) is 25.7 Å². The van der Waals surface area contributed by atoms with Crippen LogP contribution in [0.4, 0.5) is 0 Å². The lowest BCUT2D eigenvalue weighted by Gasteiger charge is -2.12. The third kappa shape index (κ3) is 5.51. The van der Waals surface area contributed by atoms with Crippen LogP contribution in [0.1, 0.15) is 11.1 Å². The zero-order valence-electron chi connectivity index (χ0n) is 20.4. The fourth-order valence-corrected chi connectivity index (χ4v) is 5.90. The highest BCUT2D eigenvalue weighted by molar-refractivity contribution is 9.11. The summed E-state index contributed by atoms with van der Waals surface area (Å²) in [6, 6.07) is 25.8. The first kappa shape index (κ1) is 27.0. The second-order valence-electron chi connectivity index (χ2n) is 8.81. The number of benzene rings is 4. The molecule has 0 saturated heterocycles. The van der Waals surface area contributed by atoms with Gasteiger partial charge in [0.2, 0.25) is 5.82 Å². The number of ether oxygens (including phenoxy) is 1. The molecule has 6 rings (SSSR count). The monoisotopic (exact) mass is 739 g/mol. The molecule has 0 bridgehead atoms. The van der Waals surface area contributed by atoms with Crippen LogP contribution in [0.5, 0.6) is 5.75 Å². The van der Waals surface area contributed by atoms with Crippen LogP contribution in [-0.4, -0.2) is 15.9 Å². The van der Waals surface area contributed by atoms with Crippen LogP contribution in [0.3, 0.4) is 0 Å². The summed E-state index contributed by atoms with van der Waals surface area (Å²) in [7, 11) is 0. The molecule has 0 saturated carbocycles. The van der Waals surface area contributed by atoms with Crippen molar-refractivity contribution in [2.75, 3.05) is 0 Å². The van der Waals surface area contributed by atoms with Crippen LogP contribution in [0, 0.1) is 0 Å². The van der Waals surface area contributed by atoms with Gasteiger partial charge in [0, 0.05) is 35.0 Å². The first-order chi connectivity index (χ1) is 19.4. The van der Waals surface area contributed by atoms with Crippen LogP contribution in [0.25, 0.3) is 33.5 Å². The van der Waals surface area contributed by atoms with Crippen molar-refractivity contribution in [1.82, 2.24) is 9.66 Å². The summed E-state index contributed by atoms with van der Waals surface area (Å²) >= 11 is 16.8. The first-order valence-electron chi connectivity index (χ1n) is 12.0. The van der Waals surface area contributed by atoms with Crippen LogP contribution >= 0.6 is 59.4 Å². The molecule has 6 aromatic rings. The maximum absolute atomic E-state index is 13.6. The largest absolute Gasteiger partial charge is 0.488 e. The molecule has 0 atom stereocenters. The predicted octanol–water partition coefficient (Wildman–Crippen LogP) is 9.21. The van der Waals surface area contributed by atoms with Gasteiger partial charge in [-0.25, -0.2) is 4.98 Å². The van der Waals surface area contributed by atoms with Gasteiger partial charge in [-0.3, -0.25) is 4.79 Å². The van der Waals surface area contributed by atoms with Crippen molar-refractivity contribution in [3.8, 4) is 17.3 Å². The maximum Gasteiger partial charge on any atom is 0.282 e. The second kappa shape index (κ2) is 11.3. The molecular weight excluding hydrogens is 726 g/mol. The van der Waals surface area contributed by atoms with E-state index in [1.807, 2.05) is 42.5 Å². The van der Waals surface area contributed by atoms with E-state index >= 15 is 0 Å². The highest BCUT2D eigenvalue weighted by Crippen LogP contribution is 2.30. The van der Waals surface area contributed by atoms with Gasteiger partial charge in [0.05, 0.1) is 17.1 Å². The fraction of sp³-hybridized carbons (Fsp3) is 0.0333. The Morgan fingerprint density at radius 3 is 2.60 bits per heavy atom. The van der Waals surface area contributed by atoms with E-state index < -0.39 is 0 Å². The number of halogens is 4. The molecule has 2 aromatic heterocycles. The number of aromatic nitrogens is 2. The van der Waals surface area contributed by atoms with Crippen molar-refractivity contribution < 1.29 is 9.15 Å². The molecule has 6 nitrogen and oxygen atoms in total. The topological polar surface area (TPSA) is 69.6 Å². The zero-order chi connectivity index (χ0) is 27.8. The highest BCUT2D eigenvalue weighted by Gasteiger charge is 2.17. The minimum atomic E-state index is -0.327. The van der Waals surface area contributed by atoms with Crippen molar-refractivity contribution in [2.45, 2.75) is 6.61 Å². The minimum Gasteiger partial charge on any atom is -0.488 e. The molecule has 0 N–H and O–H groups in total. The molecule has 0 fully saturated rings. The van der Waals surface area contributed by atoms with E-state index in [1.165, 1.54) is 4.68 Å². The predicted molar refractivity (Wildman–Crippen MR) is 170 cm³/mol. The molecule has 2 heterocycles. The van der Waals surface area contributed by atoms with Crippen molar-refractivity contribution in [2.24, 2.45) is 5.10 Å². The SMILES string of the molecule is O=c1c2ccccc2nc(-c2cc3cc(Cl)ccc3o2)n1N=Cc1cc(Br)ccc1OCc1ccc(Br)cc1Br. The summed E-state index contributed by atoms with van der Waals surface area (Å²) in [6.45, 7) is 0.334. The Morgan fingerprint density at radius 1 is 0.950 bits per heavy atom. The Labute approximate surface area is 258 Å². The number of furan rings is 1. The van der Waals surface area contributed by atoms with Gasteiger partial charge in [-0.1, -0.05) is 77.6 Å². The summed E-state index contributed by atoms with van der Waals surface area (Å²) in [5, 5.41) is 6.40. The van der Waals surface area contributed by atoms with Gasteiger partial charge in [0.1, 0.15) is 17.9 Å². The third-order valence-electron chi connectivity index (χ3n) is 6.13. The van der Waals surface area contributed by atoms with Gasteiger partial charge < -0.3 is 9.15 Å². The summed E-state index contributed by atoms with van der Waals surface area (Å²) in [5.41, 5.74) is 2.49. The lowest BCUT2D eigenvalue weighted by molar-refractivity contribution is 0.305. The third-order valence-corrected chi connectivity index (χ3v) is 8.09. The Kier molecular flexibility index (Phi) is 7.63. The molecular formula is C30H17Br3ClN3O3. The summed E-state index contributed by atoms with van der Waals surface area (Å²) in [5.74, 6) is 1.26. The molecule has 4 aromatic carbocycles. The molecule has 0 aliphatic rings. The average Bonchev–Trinajstić information content (AvgIpc) is 3.36. The standard InChI is InChI=1S/C30H17Br3ClN3O3/c31-20-7-9-26(39-16-17-5-6-21(32)14-24(17)33)19(11-20)15-35-37-29(36-25-4-2-1-3-23(25)30(37)38)28-13-18-12-22(34)8-10-27(18)40-28/h1-15H,16H2. The van der Waals surface area contributed by atoms with Gasteiger partial charge >= 0.3 is 0 Å². The first-order valence-corrected chi connectivity index (χ1v) is 14.7. The molecule has 198 valence electrons. The van der Waals surface area contributed by atoms with Crippen LogP contribution in [0.15, 0.2) is 113 Å². The average molecular weight is 743 g/mol. The van der Waals surface area contributed by atoms with Gasteiger partial charge in [-0.2, -0.15) is 9.78 Å². The van der Waals surface area contributed by atoms with Gasteiger partial charge in [0.25, 0.3) is 5.56 Å². The highest BCUT2D eigenvalue weighted by atomic mass is 79.9. The Bertz CT molecular complexity index is 2000. The van der Waals surface area contributed by atoms with E-state index in [-0.39, 0.29) is 11.4 Å². The van der Waals surface area contributed by atoms with Gasteiger partial charge in [-0.05, 0) is 66.7 Å². The molecule has 0 aliphatic heterocycles. The molecule has 0 unspecified atom stereocenters. The normalized spacial score (nSPS) is 11.6. The van der Waals surface area contributed by atoms with Crippen molar-refractivity contribution in [1.29, 1.82) is 0 Å². The van der Waals surface area contributed by atoms with E-state index in [2.05, 4.69) is 52.9 Å². The summed E-state index contributed by atoms with van der Waals surface area (Å²) in [6.07, 6.45) is 1.58. The van der Waals surface area contributed by atoms with Crippen LogP contribution < -0.4 is 10.3 Å². The molecule has 10 heteroatoms. The lowest BCUT2D eigenvalue weighted by Crippen LogP contribution is -2.20. The Morgan fingerprint density at radius 2 is 1.75 bits per heavy atom.